The van der Waals surface area contributed by atoms with Gasteiger partial charge in [-0.2, -0.15) is 0 Å². The number of rotatable bonds is 6. The van der Waals surface area contributed by atoms with E-state index in [4.69, 9.17) is 14.1 Å². The van der Waals surface area contributed by atoms with Gasteiger partial charge in [0.2, 0.25) is 5.78 Å². The first-order valence-corrected chi connectivity index (χ1v) is 12.1. The van der Waals surface area contributed by atoms with Crippen molar-refractivity contribution in [1.29, 1.82) is 0 Å². The lowest BCUT2D eigenvalue weighted by atomic mass is 9.95. The first-order chi connectivity index (χ1) is 16.8. The molecule has 1 atom stereocenters. The summed E-state index contributed by atoms with van der Waals surface area (Å²) in [6.07, 6.45) is 0. The summed E-state index contributed by atoms with van der Waals surface area (Å²) in [6, 6.07) is 13.5. The summed E-state index contributed by atoms with van der Waals surface area (Å²) in [4.78, 5) is 33.0. The van der Waals surface area contributed by atoms with Crippen molar-refractivity contribution in [2.75, 3.05) is 11.5 Å². The van der Waals surface area contributed by atoms with Gasteiger partial charge in [0.05, 0.1) is 28.4 Å². The minimum absolute atomic E-state index is 0.0410. The second-order valence-electron chi connectivity index (χ2n) is 8.51. The van der Waals surface area contributed by atoms with Crippen molar-refractivity contribution in [2.24, 2.45) is 0 Å². The lowest BCUT2D eigenvalue weighted by Gasteiger charge is -2.24. The van der Waals surface area contributed by atoms with Gasteiger partial charge in [-0.15, -0.1) is 0 Å². The lowest BCUT2D eigenvalue weighted by Crippen LogP contribution is -2.30. The molecular weight excluding hydrogens is 464 g/mol. The highest BCUT2D eigenvalue weighted by atomic mass is 32.1. The number of aliphatic hydroxyl groups is 1. The van der Waals surface area contributed by atoms with Gasteiger partial charge < -0.3 is 14.3 Å². The molecule has 0 saturated carbocycles. The standard InChI is InChI=1S/C27H24N2O5S/c1-5-33-18-9-7-17(8-10-18)23-21(24(30)19-11-6-16(4)34-19)25(31)26(32)29(23)27-28-22-15(3)12-14(2)13-20(22)35-27/h6-13,23,31H,5H2,1-4H3. The fourth-order valence-electron chi connectivity index (χ4n) is 4.41. The highest BCUT2D eigenvalue weighted by molar-refractivity contribution is 7.22. The summed E-state index contributed by atoms with van der Waals surface area (Å²) in [5, 5.41) is 11.4. The molecule has 4 aromatic rings. The number of thiazole rings is 1. The molecule has 178 valence electrons. The summed E-state index contributed by atoms with van der Waals surface area (Å²) in [7, 11) is 0. The number of aliphatic hydroxyl groups excluding tert-OH is 1. The second-order valence-corrected chi connectivity index (χ2v) is 9.52. The van der Waals surface area contributed by atoms with E-state index in [0.717, 1.165) is 21.3 Å². The van der Waals surface area contributed by atoms with Crippen LogP contribution in [0.15, 0.2) is 64.3 Å². The lowest BCUT2D eigenvalue weighted by molar-refractivity contribution is -0.117. The third kappa shape index (κ3) is 3.89. The molecule has 1 amide bonds. The quantitative estimate of drug-likeness (QED) is 0.335. The van der Waals surface area contributed by atoms with Crippen molar-refractivity contribution < 1.29 is 23.8 Å². The average Bonchev–Trinajstić information content (AvgIpc) is 3.51. The maximum Gasteiger partial charge on any atom is 0.296 e. The number of anilines is 1. The van der Waals surface area contributed by atoms with E-state index < -0.39 is 23.5 Å². The van der Waals surface area contributed by atoms with Crippen LogP contribution in [0.1, 0.15) is 46.0 Å². The van der Waals surface area contributed by atoms with Gasteiger partial charge in [0, 0.05) is 0 Å². The number of aryl methyl sites for hydroxylation is 3. The molecule has 0 saturated heterocycles. The van der Waals surface area contributed by atoms with Gasteiger partial charge in [-0.05, 0) is 74.7 Å². The van der Waals surface area contributed by atoms with Gasteiger partial charge in [-0.25, -0.2) is 4.98 Å². The topological polar surface area (TPSA) is 92.9 Å². The molecule has 35 heavy (non-hydrogen) atoms. The molecule has 8 heteroatoms. The Morgan fingerprint density at radius 1 is 1.14 bits per heavy atom. The molecule has 1 aliphatic heterocycles. The van der Waals surface area contributed by atoms with Crippen LogP contribution >= 0.6 is 11.3 Å². The molecule has 0 bridgehead atoms. The number of benzene rings is 2. The van der Waals surface area contributed by atoms with Gasteiger partial charge in [0.25, 0.3) is 5.91 Å². The Labute approximate surface area is 206 Å². The summed E-state index contributed by atoms with van der Waals surface area (Å²) < 4.78 is 12.0. The van der Waals surface area contributed by atoms with Crippen LogP contribution < -0.4 is 9.64 Å². The van der Waals surface area contributed by atoms with E-state index in [-0.39, 0.29) is 11.3 Å². The Bertz CT molecular complexity index is 1500. The number of hydrogen-bond acceptors (Lipinski definition) is 7. The minimum atomic E-state index is -0.877. The number of ether oxygens (including phenoxy) is 1. The highest BCUT2D eigenvalue weighted by Gasteiger charge is 2.46. The van der Waals surface area contributed by atoms with Crippen molar-refractivity contribution in [3.63, 3.8) is 0 Å². The van der Waals surface area contributed by atoms with E-state index in [1.165, 1.54) is 16.2 Å². The molecule has 0 aliphatic carbocycles. The molecule has 0 fully saturated rings. The van der Waals surface area contributed by atoms with Crippen LogP contribution in [0.4, 0.5) is 5.13 Å². The Morgan fingerprint density at radius 3 is 2.54 bits per heavy atom. The molecule has 0 radical (unpaired) electrons. The third-order valence-corrected chi connectivity index (χ3v) is 6.95. The van der Waals surface area contributed by atoms with Crippen LogP contribution in [0.2, 0.25) is 0 Å². The van der Waals surface area contributed by atoms with Crippen molar-refractivity contribution in [2.45, 2.75) is 33.7 Å². The normalized spacial score (nSPS) is 15.9. The van der Waals surface area contributed by atoms with Crippen molar-refractivity contribution in [3.8, 4) is 5.75 Å². The zero-order valence-corrected chi connectivity index (χ0v) is 20.6. The summed E-state index contributed by atoms with van der Waals surface area (Å²) in [5.41, 5.74) is 3.47. The molecule has 2 aromatic heterocycles. The van der Waals surface area contributed by atoms with Crippen LogP contribution in [0.25, 0.3) is 10.2 Å². The number of hydrogen-bond donors (Lipinski definition) is 1. The monoisotopic (exact) mass is 488 g/mol. The van der Waals surface area contributed by atoms with Crippen LogP contribution in [0.5, 0.6) is 5.75 Å². The number of aromatic nitrogens is 1. The van der Waals surface area contributed by atoms with Crippen LogP contribution in [-0.4, -0.2) is 28.4 Å². The maximum atomic E-state index is 13.5. The largest absolute Gasteiger partial charge is 0.503 e. The molecule has 1 unspecified atom stereocenters. The summed E-state index contributed by atoms with van der Waals surface area (Å²) >= 11 is 1.35. The molecule has 0 spiro atoms. The van der Waals surface area contributed by atoms with Crippen LogP contribution in [-0.2, 0) is 4.79 Å². The first-order valence-electron chi connectivity index (χ1n) is 11.3. The van der Waals surface area contributed by atoms with Gasteiger partial charge >= 0.3 is 0 Å². The second kappa shape index (κ2) is 8.70. The van der Waals surface area contributed by atoms with Crippen molar-refractivity contribution in [3.05, 3.63) is 88.1 Å². The highest BCUT2D eigenvalue weighted by Crippen LogP contribution is 2.45. The van der Waals surface area contributed by atoms with Crippen molar-refractivity contribution >= 4 is 38.4 Å². The average molecular weight is 489 g/mol. The van der Waals surface area contributed by atoms with E-state index in [1.54, 1.807) is 43.3 Å². The first kappa shape index (κ1) is 22.9. The van der Waals surface area contributed by atoms with E-state index in [2.05, 4.69) is 0 Å². The van der Waals surface area contributed by atoms with E-state index in [0.29, 0.717) is 28.8 Å². The molecule has 5 rings (SSSR count). The van der Waals surface area contributed by atoms with E-state index in [9.17, 15) is 14.7 Å². The fourth-order valence-corrected chi connectivity index (χ4v) is 5.58. The number of carbonyl (C=O) groups is 2. The number of carbonyl (C=O) groups excluding carboxylic acids is 2. The van der Waals surface area contributed by atoms with Gasteiger partial charge in [-0.1, -0.05) is 29.5 Å². The number of amides is 1. The number of ketones is 1. The Morgan fingerprint density at radius 2 is 1.89 bits per heavy atom. The van der Waals surface area contributed by atoms with Gasteiger partial charge in [0.15, 0.2) is 16.7 Å². The third-order valence-electron chi connectivity index (χ3n) is 5.95. The smallest absolute Gasteiger partial charge is 0.296 e. The molecule has 1 N–H and O–H groups in total. The molecule has 2 aromatic carbocycles. The zero-order chi connectivity index (χ0) is 24.9. The summed E-state index contributed by atoms with van der Waals surface area (Å²) in [5.74, 6) is -0.534. The van der Waals surface area contributed by atoms with Gasteiger partial charge in [-0.3, -0.25) is 14.5 Å². The fraction of sp³-hybridized carbons (Fsp3) is 0.222. The Balaban J connectivity index is 1.66. The van der Waals surface area contributed by atoms with Crippen molar-refractivity contribution in [1.82, 2.24) is 4.98 Å². The number of fused-ring (bicyclic) bond motifs is 1. The van der Waals surface area contributed by atoms with Crippen LogP contribution in [0.3, 0.4) is 0 Å². The Kier molecular flexibility index (Phi) is 5.68. The Hall–Kier alpha value is -3.91. The number of furan rings is 1. The SMILES string of the molecule is CCOc1ccc(C2C(C(=O)c3ccc(C)o3)=C(O)C(=O)N2c2nc3c(C)cc(C)cc3s2)cc1. The molecule has 3 heterocycles. The maximum absolute atomic E-state index is 13.5. The van der Waals surface area contributed by atoms with Gasteiger partial charge in [0.1, 0.15) is 11.5 Å². The number of Topliss-reactive ketones (excluding diaryl/α,β-unsaturated/α-hetero) is 1. The van der Waals surface area contributed by atoms with Crippen LogP contribution in [0, 0.1) is 20.8 Å². The predicted molar refractivity (Wildman–Crippen MR) is 134 cm³/mol. The summed E-state index contributed by atoms with van der Waals surface area (Å²) in [6.45, 7) is 8.11. The van der Waals surface area contributed by atoms with E-state index >= 15 is 0 Å². The molecular formula is C27H24N2O5S. The van der Waals surface area contributed by atoms with E-state index in [1.807, 2.05) is 32.9 Å². The molecule has 1 aliphatic rings. The predicted octanol–water partition coefficient (Wildman–Crippen LogP) is 6.00. The number of nitrogens with zero attached hydrogens (tertiary/aromatic N) is 2. The molecule has 7 nitrogen and oxygen atoms in total. The minimum Gasteiger partial charge on any atom is -0.503 e. The zero-order valence-electron chi connectivity index (χ0n) is 19.8.